The Morgan fingerprint density at radius 3 is 1.76 bits per heavy atom. The number of hydrogen-bond donors (Lipinski definition) is 0. The average molecular weight is 338 g/mol. The van der Waals surface area contributed by atoms with Crippen molar-refractivity contribution in [1.82, 2.24) is 0 Å². The van der Waals surface area contributed by atoms with Crippen molar-refractivity contribution in [3.8, 4) is 0 Å². The number of carboxylic acids is 2. The van der Waals surface area contributed by atoms with Crippen molar-refractivity contribution < 1.29 is 118 Å². The van der Waals surface area contributed by atoms with E-state index in [2.05, 4.69) is 0 Å². The van der Waals surface area contributed by atoms with Gasteiger partial charge in [-0.2, -0.15) is 0 Å². The topological polar surface area (TPSA) is 120 Å². The van der Waals surface area contributed by atoms with Crippen LogP contribution in [0.25, 0.3) is 0 Å². The predicted molar refractivity (Wildman–Crippen MR) is 56.6 cm³/mol. The third-order valence-electron chi connectivity index (χ3n) is 2.57. The van der Waals surface area contributed by atoms with Gasteiger partial charge < -0.3 is 29.3 Å². The monoisotopic (exact) mass is 338 g/mol. The Bertz CT molecular complexity index is 510. The molecule has 0 radical (unpaired) electrons. The molecule has 0 aliphatic heterocycles. The quantitative estimate of drug-likeness (QED) is 0.388. The van der Waals surface area contributed by atoms with Crippen molar-refractivity contribution in [3.63, 3.8) is 0 Å². The molecule has 0 aromatic heterocycles. The zero-order valence-corrected chi connectivity index (χ0v) is 19.3. The Hall–Kier alpha value is 1.35. The number of carboxylic acid groups (broad SMARTS) is 2. The molecular weight excluding hydrogens is 328 g/mol. The molecule has 21 heavy (non-hydrogen) atoms. The van der Waals surface area contributed by atoms with Gasteiger partial charge in [0.1, 0.15) is 0 Å². The van der Waals surface area contributed by atoms with Gasteiger partial charge in [-0.3, -0.25) is 0 Å². The van der Waals surface area contributed by atoms with Gasteiger partial charge in [0.2, 0.25) is 0 Å². The van der Waals surface area contributed by atoms with E-state index >= 15 is 0 Å². The van der Waals surface area contributed by atoms with Crippen LogP contribution >= 0.6 is 7.37 Å². The summed E-state index contributed by atoms with van der Waals surface area (Å²) < 4.78 is 12.0. The summed E-state index contributed by atoms with van der Waals surface area (Å²) in [5, 5.41) is 21.3. The van der Waals surface area contributed by atoms with Crippen LogP contribution in [0.15, 0.2) is 30.3 Å². The van der Waals surface area contributed by atoms with Crippen LogP contribution in [0.2, 0.25) is 0 Å². The van der Waals surface area contributed by atoms with Crippen molar-refractivity contribution in [3.05, 3.63) is 30.3 Å². The minimum Gasteiger partial charge on any atom is -0.796 e. The summed E-state index contributed by atoms with van der Waals surface area (Å²) >= 11 is 0. The number of carbonyl (C=O) groups excluding carboxylic acids is 2. The number of carbonyl (C=O) groups is 2. The van der Waals surface area contributed by atoms with Gasteiger partial charge in [0.05, 0.1) is 19.0 Å². The standard InChI is InChI=1S/C11H13O6P.3Na/c1-7(10(12)13)9(11(14)15)18(16,17)8-5-3-2-4-6-8;;;/h2-7,9H,1H3,(H,12,13)(H,14,15)(H,16,17);;;/q;3*+1/p-3. The van der Waals surface area contributed by atoms with Gasteiger partial charge >= 0.3 is 88.7 Å². The van der Waals surface area contributed by atoms with E-state index in [1.165, 1.54) is 24.3 Å². The summed E-state index contributed by atoms with van der Waals surface area (Å²) in [6.07, 6.45) is 0. The Labute approximate surface area is 189 Å². The summed E-state index contributed by atoms with van der Waals surface area (Å²) in [6.45, 7) is 0.962. The summed E-state index contributed by atoms with van der Waals surface area (Å²) in [5.74, 6) is -5.40. The molecule has 0 saturated carbocycles. The van der Waals surface area contributed by atoms with E-state index in [1.54, 1.807) is 6.07 Å². The molecule has 1 rings (SSSR count). The Kier molecular flexibility index (Phi) is 15.3. The van der Waals surface area contributed by atoms with Crippen LogP contribution in [0.1, 0.15) is 6.92 Å². The molecule has 3 atom stereocenters. The fourth-order valence-corrected chi connectivity index (χ4v) is 3.46. The van der Waals surface area contributed by atoms with Crippen LogP contribution in [0.4, 0.5) is 0 Å². The van der Waals surface area contributed by atoms with Gasteiger partial charge in [0.15, 0.2) is 0 Å². The molecule has 0 bridgehead atoms. The van der Waals surface area contributed by atoms with Gasteiger partial charge in [-0.15, -0.1) is 0 Å². The minimum atomic E-state index is -4.65. The third-order valence-corrected chi connectivity index (χ3v) is 4.98. The van der Waals surface area contributed by atoms with E-state index in [4.69, 9.17) is 0 Å². The van der Waals surface area contributed by atoms with Gasteiger partial charge in [-0.1, -0.05) is 37.3 Å². The van der Waals surface area contributed by atoms with Gasteiger partial charge in [0.25, 0.3) is 0 Å². The molecule has 1 aromatic rings. The van der Waals surface area contributed by atoms with Gasteiger partial charge in [-0.25, -0.2) is 0 Å². The van der Waals surface area contributed by atoms with Crippen LogP contribution < -0.4 is 109 Å². The summed E-state index contributed by atoms with van der Waals surface area (Å²) in [4.78, 5) is 33.6. The Morgan fingerprint density at radius 1 is 1.00 bits per heavy atom. The van der Waals surface area contributed by atoms with Crippen LogP contribution in [0.3, 0.4) is 0 Å². The fraction of sp³-hybridized carbons (Fsp3) is 0.273. The van der Waals surface area contributed by atoms with E-state index in [9.17, 15) is 29.3 Å². The van der Waals surface area contributed by atoms with E-state index in [-0.39, 0.29) is 94.0 Å². The molecule has 3 unspecified atom stereocenters. The van der Waals surface area contributed by atoms with E-state index < -0.39 is 30.9 Å². The van der Waals surface area contributed by atoms with Crippen molar-refractivity contribution >= 4 is 24.6 Å². The van der Waals surface area contributed by atoms with Crippen molar-refractivity contribution in [1.29, 1.82) is 0 Å². The molecule has 0 amide bonds. The Morgan fingerprint density at radius 2 is 1.43 bits per heavy atom. The van der Waals surface area contributed by atoms with E-state index in [0.717, 1.165) is 6.92 Å². The van der Waals surface area contributed by atoms with Crippen LogP contribution in [-0.2, 0) is 14.2 Å². The summed E-state index contributed by atoms with van der Waals surface area (Å²) in [5.41, 5.74) is -2.15. The second-order valence-corrected chi connectivity index (χ2v) is 6.07. The maximum Gasteiger partial charge on any atom is 1.00 e. The maximum atomic E-state index is 12.0. The first-order chi connectivity index (χ1) is 8.28. The molecule has 0 heterocycles. The van der Waals surface area contributed by atoms with Crippen LogP contribution in [0, 0.1) is 5.92 Å². The summed E-state index contributed by atoms with van der Waals surface area (Å²) in [6, 6.07) is 6.78. The third kappa shape index (κ3) is 7.19. The normalized spacial score (nSPS) is 15.0. The second kappa shape index (κ2) is 11.8. The molecule has 10 heteroatoms. The number of hydrogen-bond acceptors (Lipinski definition) is 6. The van der Waals surface area contributed by atoms with E-state index in [1.807, 2.05) is 0 Å². The first kappa shape index (κ1) is 27.2. The first-order valence-electron chi connectivity index (χ1n) is 5.06. The predicted octanol–water partition coefficient (Wildman–Crippen LogP) is -11.5. The number of benzene rings is 1. The maximum absolute atomic E-state index is 12.0. The smallest absolute Gasteiger partial charge is 0.796 e. The molecule has 0 saturated heterocycles. The van der Waals surface area contributed by atoms with E-state index in [0.29, 0.717) is 0 Å². The van der Waals surface area contributed by atoms with Crippen molar-refractivity contribution in [2.45, 2.75) is 12.6 Å². The molecule has 0 aliphatic rings. The van der Waals surface area contributed by atoms with Crippen molar-refractivity contribution in [2.24, 2.45) is 5.92 Å². The molecule has 6 nitrogen and oxygen atoms in total. The van der Waals surface area contributed by atoms with Crippen molar-refractivity contribution in [2.75, 3.05) is 0 Å². The molecule has 0 spiro atoms. The first-order valence-corrected chi connectivity index (χ1v) is 6.76. The molecular formula is C11H10Na3O6P. The molecule has 0 fully saturated rings. The SMILES string of the molecule is CC(C(=O)[O-])C(C(=O)[O-])P(=O)([O-])c1ccccc1.[Na+].[Na+].[Na+]. The van der Waals surface area contributed by atoms with Gasteiger partial charge in [0, 0.05) is 11.9 Å². The fourth-order valence-electron chi connectivity index (χ4n) is 1.56. The molecule has 98 valence electrons. The zero-order chi connectivity index (χ0) is 13.9. The average Bonchev–Trinajstić information content (AvgIpc) is 2.29. The molecule has 0 N–H and O–H groups in total. The van der Waals surface area contributed by atoms with Crippen LogP contribution in [-0.4, -0.2) is 17.6 Å². The second-order valence-electron chi connectivity index (χ2n) is 3.80. The summed E-state index contributed by atoms with van der Waals surface area (Å²) in [7, 11) is -4.65. The molecule has 0 aliphatic carbocycles. The molecule has 1 aromatic carbocycles. The number of rotatable bonds is 5. The minimum absolute atomic E-state index is 0. The largest absolute Gasteiger partial charge is 1.00 e. The number of aliphatic carboxylic acids is 2. The van der Waals surface area contributed by atoms with Gasteiger partial charge in [-0.05, 0) is 5.30 Å². The Balaban J connectivity index is -0.00000108. The van der Waals surface area contributed by atoms with Crippen LogP contribution in [0.5, 0.6) is 0 Å². The zero-order valence-electron chi connectivity index (χ0n) is 12.4.